The Bertz CT molecular complexity index is 378. The van der Waals surface area contributed by atoms with E-state index < -0.39 is 0 Å². The summed E-state index contributed by atoms with van der Waals surface area (Å²) in [4.78, 5) is 13.8. The Hall–Kier alpha value is 0.0400. The van der Waals surface area contributed by atoms with Crippen LogP contribution in [-0.4, -0.2) is 29.3 Å². The minimum absolute atomic E-state index is 0.0843. The second-order valence-corrected chi connectivity index (χ2v) is 6.18. The molecule has 1 aromatic rings. The monoisotopic (exact) mass is 299 g/mol. The molecule has 0 bridgehead atoms. The number of amides is 1. The quantitative estimate of drug-likeness (QED) is 0.765. The first kappa shape index (κ1) is 14.1. The Labute approximate surface area is 114 Å². The highest BCUT2D eigenvalue weighted by Gasteiger charge is 2.22. The molecule has 2 nitrogen and oxygen atoms in total. The molecule has 0 spiro atoms. The molecule has 6 heteroatoms. The van der Waals surface area contributed by atoms with Gasteiger partial charge < -0.3 is 4.90 Å². The average Bonchev–Trinajstić information content (AvgIpc) is 2.53. The Balaban J connectivity index is 2.94. The van der Waals surface area contributed by atoms with E-state index in [-0.39, 0.29) is 11.9 Å². The molecule has 0 fully saturated rings. The smallest absolute Gasteiger partial charge is 0.256 e. The molecule has 0 aromatic carbocycles. The summed E-state index contributed by atoms with van der Waals surface area (Å²) in [6, 6.07) is 1.68. The lowest BCUT2D eigenvalue weighted by Crippen LogP contribution is -2.38. The first-order valence-electron chi connectivity index (χ1n) is 4.79. The van der Waals surface area contributed by atoms with Crippen LogP contribution in [0.25, 0.3) is 0 Å². The summed E-state index contributed by atoms with van der Waals surface area (Å²) < 4.78 is 0.943. The predicted molar refractivity (Wildman–Crippen MR) is 71.2 cm³/mol. The van der Waals surface area contributed by atoms with Crippen molar-refractivity contribution in [1.29, 1.82) is 0 Å². The number of hydrogen-bond acceptors (Lipinski definition) is 2. The molecule has 16 heavy (non-hydrogen) atoms. The fourth-order valence-electron chi connectivity index (χ4n) is 1.33. The lowest BCUT2D eigenvalue weighted by molar-refractivity contribution is 0.0719. The maximum atomic E-state index is 12.1. The van der Waals surface area contributed by atoms with Gasteiger partial charge in [-0.25, -0.2) is 0 Å². The minimum Gasteiger partial charge on any atom is -0.335 e. The zero-order valence-corrected chi connectivity index (χ0v) is 12.1. The van der Waals surface area contributed by atoms with Crippen molar-refractivity contribution < 1.29 is 4.79 Å². The van der Waals surface area contributed by atoms with Crippen LogP contribution in [0.15, 0.2) is 6.07 Å². The lowest BCUT2D eigenvalue weighted by Gasteiger charge is -2.25. The van der Waals surface area contributed by atoms with Crippen LogP contribution >= 0.6 is 46.1 Å². The first-order chi connectivity index (χ1) is 7.47. The van der Waals surface area contributed by atoms with Crippen LogP contribution in [0.5, 0.6) is 0 Å². The Morgan fingerprint density at radius 1 is 1.50 bits per heavy atom. The van der Waals surface area contributed by atoms with E-state index in [1.54, 1.807) is 11.0 Å². The summed E-state index contributed by atoms with van der Waals surface area (Å²) in [5, 5.41) is 0. The van der Waals surface area contributed by atoms with Crippen LogP contribution in [0, 0.1) is 0 Å². The highest BCUT2D eigenvalue weighted by atomic mass is 35.5. The van der Waals surface area contributed by atoms with Crippen molar-refractivity contribution in [3.63, 3.8) is 0 Å². The summed E-state index contributed by atoms with van der Waals surface area (Å²) in [7, 11) is 0. The number of halogens is 3. The van der Waals surface area contributed by atoms with Gasteiger partial charge in [0.15, 0.2) is 0 Å². The van der Waals surface area contributed by atoms with Crippen LogP contribution < -0.4 is 0 Å². The Kier molecular flexibility index (Phi) is 5.38. The molecule has 1 heterocycles. The molecule has 1 rings (SSSR count). The largest absolute Gasteiger partial charge is 0.335 e. The van der Waals surface area contributed by atoms with Gasteiger partial charge in [-0.2, -0.15) is 0 Å². The molecule has 0 unspecified atom stereocenters. The maximum absolute atomic E-state index is 12.1. The van der Waals surface area contributed by atoms with Gasteiger partial charge in [-0.3, -0.25) is 4.79 Å². The molecule has 0 atom stereocenters. The third kappa shape index (κ3) is 3.27. The Morgan fingerprint density at radius 3 is 2.50 bits per heavy atom. The normalized spacial score (nSPS) is 10.9. The second-order valence-electron chi connectivity index (χ2n) is 3.52. The highest BCUT2D eigenvalue weighted by molar-refractivity contribution is 7.20. The van der Waals surface area contributed by atoms with Gasteiger partial charge in [0.2, 0.25) is 0 Å². The summed E-state index contributed by atoms with van der Waals surface area (Å²) >= 11 is 18.6. The highest BCUT2D eigenvalue weighted by Crippen LogP contribution is 2.32. The molecular weight excluding hydrogens is 289 g/mol. The van der Waals surface area contributed by atoms with Gasteiger partial charge in [-0.15, -0.1) is 22.9 Å². The van der Waals surface area contributed by atoms with E-state index in [0.717, 1.165) is 0 Å². The molecule has 1 aromatic heterocycles. The van der Waals surface area contributed by atoms with E-state index in [2.05, 4.69) is 0 Å². The zero-order valence-electron chi connectivity index (χ0n) is 8.97. The fourth-order valence-corrected chi connectivity index (χ4v) is 2.96. The van der Waals surface area contributed by atoms with E-state index in [1.807, 2.05) is 13.8 Å². The third-order valence-electron chi connectivity index (χ3n) is 2.10. The van der Waals surface area contributed by atoms with E-state index in [9.17, 15) is 4.79 Å². The molecule has 0 aliphatic carbocycles. The number of hydrogen-bond donors (Lipinski definition) is 0. The van der Waals surface area contributed by atoms with Crippen LogP contribution in [0.2, 0.25) is 8.67 Å². The van der Waals surface area contributed by atoms with Crippen molar-refractivity contribution in [2.24, 2.45) is 0 Å². The van der Waals surface area contributed by atoms with Gasteiger partial charge in [0.1, 0.15) is 4.34 Å². The van der Waals surface area contributed by atoms with E-state index in [1.165, 1.54) is 11.3 Å². The number of alkyl halides is 1. The number of rotatable bonds is 4. The number of carbonyl (C=O) groups is 1. The average molecular weight is 301 g/mol. The van der Waals surface area contributed by atoms with Gasteiger partial charge in [0.25, 0.3) is 5.91 Å². The fraction of sp³-hybridized carbons (Fsp3) is 0.500. The van der Waals surface area contributed by atoms with Crippen molar-refractivity contribution in [3.8, 4) is 0 Å². The van der Waals surface area contributed by atoms with Crippen LogP contribution in [0.3, 0.4) is 0 Å². The molecule has 0 radical (unpaired) electrons. The summed E-state index contributed by atoms with van der Waals surface area (Å²) in [6.45, 7) is 4.38. The van der Waals surface area contributed by atoms with Crippen molar-refractivity contribution >= 4 is 52.0 Å². The van der Waals surface area contributed by atoms with Gasteiger partial charge in [0.05, 0.1) is 9.90 Å². The molecule has 1 amide bonds. The van der Waals surface area contributed by atoms with Crippen molar-refractivity contribution in [1.82, 2.24) is 4.90 Å². The molecule has 0 saturated heterocycles. The van der Waals surface area contributed by atoms with Crippen LogP contribution in [0.4, 0.5) is 0 Å². The van der Waals surface area contributed by atoms with Crippen LogP contribution in [-0.2, 0) is 0 Å². The maximum Gasteiger partial charge on any atom is 0.256 e. The minimum atomic E-state index is -0.121. The summed E-state index contributed by atoms with van der Waals surface area (Å²) in [6.07, 6.45) is 0. The summed E-state index contributed by atoms with van der Waals surface area (Å²) in [5.74, 6) is 0.281. The van der Waals surface area contributed by atoms with Gasteiger partial charge in [-0.05, 0) is 19.9 Å². The van der Waals surface area contributed by atoms with E-state index >= 15 is 0 Å². The van der Waals surface area contributed by atoms with Gasteiger partial charge in [-0.1, -0.05) is 23.2 Å². The molecule has 0 aliphatic heterocycles. The van der Waals surface area contributed by atoms with E-state index in [4.69, 9.17) is 34.8 Å². The van der Waals surface area contributed by atoms with Crippen molar-refractivity contribution in [3.05, 3.63) is 20.3 Å². The molecule has 0 saturated carbocycles. The predicted octanol–water partition coefficient (Wildman–Crippen LogP) is 4.14. The summed E-state index contributed by atoms with van der Waals surface area (Å²) in [5.41, 5.74) is 0.454. The molecule has 0 aliphatic rings. The topological polar surface area (TPSA) is 20.3 Å². The third-order valence-corrected chi connectivity index (χ3v) is 3.75. The molecular formula is C10H12Cl3NOS. The lowest BCUT2D eigenvalue weighted by atomic mass is 10.2. The van der Waals surface area contributed by atoms with Gasteiger partial charge >= 0.3 is 0 Å². The first-order valence-corrected chi connectivity index (χ1v) is 6.89. The Morgan fingerprint density at radius 2 is 2.12 bits per heavy atom. The number of nitrogens with zero attached hydrogens (tertiary/aromatic N) is 1. The van der Waals surface area contributed by atoms with Crippen molar-refractivity contribution in [2.75, 3.05) is 12.4 Å². The van der Waals surface area contributed by atoms with Gasteiger partial charge in [0, 0.05) is 18.5 Å². The zero-order chi connectivity index (χ0) is 12.3. The molecule has 90 valence electrons. The van der Waals surface area contributed by atoms with E-state index in [0.29, 0.717) is 26.7 Å². The number of thiophene rings is 1. The molecule has 0 N–H and O–H groups in total. The number of carbonyl (C=O) groups excluding carboxylic acids is 1. The van der Waals surface area contributed by atoms with Crippen molar-refractivity contribution in [2.45, 2.75) is 19.9 Å². The van der Waals surface area contributed by atoms with Crippen LogP contribution in [0.1, 0.15) is 24.2 Å². The SMILES string of the molecule is CC(C)N(CCCl)C(=O)c1cc(Cl)sc1Cl. The second kappa shape index (κ2) is 6.10. The standard InChI is InChI=1S/C10H12Cl3NOS/c1-6(2)14(4-3-11)10(15)7-5-8(12)16-9(7)13/h5-6H,3-4H2,1-2H3.